The second-order valence-corrected chi connectivity index (χ2v) is 5.66. The maximum absolute atomic E-state index is 4.61. The third-order valence-corrected chi connectivity index (χ3v) is 3.95. The Kier molecular flexibility index (Phi) is 4.96. The Morgan fingerprint density at radius 2 is 2.16 bits per heavy atom. The number of rotatable bonds is 5. The molecule has 1 aliphatic heterocycles. The third kappa shape index (κ3) is 3.55. The molecule has 1 aliphatic rings. The topological polar surface area (TPSA) is 36.3 Å². The second kappa shape index (κ2) is 6.50. The fourth-order valence-electron chi connectivity index (χ4n) is 2.74. The van der Waals surface area contributed by atoms with Crippen molar-refractivity contribution in [3.8, 4) is 0 Å². The van der Waals surface area contributed by atoms with Crippen LogP contribution in [0.25, 0.3) is 0 Å². The lowest BCUT2D eigenvalue weighted by atomic mass is 10.0. The van der Waals surface area contributed by atoms with Gasteiger partial charge in [0.05, 0.1) is 11.7 Å². The Morgan fingerprint density at radius 1 is 1.37 bits per heavy atom. The van der Waals surface area contributed by atoms with Gasteiger partial charge in [-0.1, -0.05) is 6.92 Å². The number of hydrogen-bond donors (Lipinski definition) is 1. The van der Waals surface area contributed by atoms with Crippen LogP contribution in [0.2, 0.25) is 0 Å². The van der Waals surface area contributed by atoms with Crippen LogP contribution < -0.4 is 5.32 Å². The Bertz CT molecular complexity index is 389. The lowest BCUT2D eigenvalue weighted by Gasteiger charge is -2.41. The fraction of sp³-hybridized carbons (Fsp3) is 0.786. The molecular formula is C14H27N5. The summed E-state index contributed by atoms with van der Waals surface area (Å²) in [7, 11) is 6.41. The van der Waals surface area contributed by atoms with Gasteiger partial charge in [0, 0.05) is 38.9 Å². The molecule has 0 aromatic carbocycles. The third-order valence-electron chi connectivity index (χ3n) is 3.95. The summed E-state index contributed by atoms with van der Waals surface area (Å²) in [5.41, 5.74) is 1.16. The molecule has 2 atom stereocenters. The number of nitrogens with one attached hydrogen (secondary N) is 1. The Morgan fingerprint density at radius 3 is 2.79 bits per heavy atom. The van der Waals surface area contributed by atoms with Crippen LogP contribution in [0, 0.1) is 0 Å². The van der Waals surface area contributed by atoms with Gasteiger partial charge in [-0.2, -0.15) is 5.10 Å². The van der Waals surface area contributed by atoms with Crippen LogP contribution in [0.1, 0.15) is 25.1 Å². The highest BCUT2D eigenvalue weighted by Crippen LogP contribution is 2.22. The van der Waals surface area contributed by atoms with Gasteiger partial charge in [0.15, 0.2) is 0 Å². The molecule has 2 heterocycles. The first kappa shape index (κ1) is 14.5. The lowest BCUT2D eigenvalue weighted by molar-refractivity contribution is 0.0864. The highest BCUT2D eigenvalue weighted by atomic mass is 15.3. The molecule has 0 bridgehead atoms. The number of piperazine rings is 1. The van der Waals surface area contributed by atoms with Crippen LogP contribution in [0.4, 0.5) is 0 Å². The number of aryl methyl sites for hydroxylation is 1. The molecule has 0 amide bonds. The zero-order valence-electron chi connectivity index (χ0n) is 12.6. The zero-order valence-corrected chi connectivity index (χ0v) is 12.6. The van der Waals surface area contributed by atoms with Crippen LogP contribution in [0.15, 0.2) is 12.3 Å². The molecule has 0 saturated carbocycles. The Hall–Kier alpha value is -0.910. The van der Waals surface area contributed by atoms with E-state index in [4.69, 9.17) is 0 Å². The molecule has 0 aliphatic carbocycles. The first-order valence-corrected chi connectivity index (χ1v) is 7.23. The molecule has 1 N–H and O–H groups in total. The van der Waals surface area contributed by atoms with E-state index in [1.807, 2.05) is 17.9 Å². The highest BCUT2D eigenvalue weighted by molar-refractivity contribution is 5.10. The van der Waals surface area contributed by atoms with Crippen molar-refractivity contribution in [3.05, 3.63) is 18.0 Å². The average Bonchev–Trinajstić information content (AvgIpc) is 2.80. The van der Waals surface area contributed by atoms with Gasteiger partial charge in [0.2, 0.25) is 0 Å². The van der Waals surface area contributed by atoms with Gasteiger partial charge in [-0.05, 0) is 33.1 Å². The van der Waals surface area contributed by atoms with Crippen molar-refractivity contribution in [2.24, 2.45) is 7.05 Å². The summed E-state index contributed by atoms with van der Waals surface area (Å²) in [6.07, 6.45) is 3.18. The fourth-order valence-corrected chi connectivity index (χ4v) is 2.74. The molecule has 1 saturated heterocycles. The molecular weight excluding hydrogens is 238 g/mol. The predicted molar refractivity (Wildman–Crippen MR) is 78.2 cm³/mol. The minimum Gasteiger partial charge on any atom is -0.307 e. The summed E-state index contributed by atoms with van der Waals surface area (Å²) in [5.74, 6) is 0. The smallest absolute Gasteiger partial charge is 0.0810 e. The lowest BCUT2D eigenvalue weighted by Crippen LogP contribution is -2.55. The standard InChI is InChI=1S/C14H27N5/c1-5-7-15-14(12-6-8-19(4)16-12)13-11-17(2)9-10-18(13)3/h6,8,13-15H,5,7,9-11H2,1-4H3. The molecule has 0 spiro atoms. The van der Waals surface area contributed by atoms with Crippen molar-refractivity contribution in [2.75, 3.05) is 40.3 Å². The predicted octanol–water partition coefficient (Wildman–Crippen LogP) is 0.707. The molecule has 5 heteroatoms. The van der Waals surface area contributed by atoms with E-state index in [0.29, 0.717) is 12.1 Å². The van der Waals surface area contributed by atoms with Gasteiger partial charge < -0.3 is 10.2 Å². The molecule has 19 heavy (non-hydrogen) atoms. The van der Waals surface area contributed by atoms with E-state index in [2.05, 4.69) is 47.3 Å². The maximum atomic E-state index is 4.61. The number of likely N-dealkylation sites (N-methyl/N-ethyl adjacent to an activating group) is 2. The number of hydrogen-bond acceptors (Lipinski definition) is 4. The first-order valence-electron chi connectivity index (χ1n) is 7.23. The molecule has 1 aromatic rings. The molecule has 5 nitrogen and oxygen atoms in total. The van der Waals surface area contributed by atoms with E-state index >= 15 is 0 Å². The normalized spacial score (nSPS) is 23.7. The minimum atomic E-state index is 0.314. The molecule has 2 unspecified atom stereocenters. The van der Waals surface area contributed by atoms with Gasteiger partial charge in [0.25, 0.3) is 0 Å². The van der Waals surface area contributed by atoms with Crippen molar-refractivity contribution < 1.29 is 0 Å². The quantitative estimate of drug-likeness (QED) is 0.850. The Labute approximate surface area is 116 Å². The van der Waals surface area contributed by atoms with Gasteiger partial charge in [-0.15, -0.1) is 0 Å². The van der Waals surface area contributed by atoms with Gasteiger partial charge in [-0.25, -0.2) is 0 Å². The minimum absolute atomic E-state index is 0.314. The number of aromatic nitrogens is 2. The monoisotopic (exact) mass is 265 g/mol. The Balaban J connectivity index is 2.16. The van der Waals surface area contributed by atoms with Crippen molar-refractivity contribution in [2.45, 2.75) is 25.4 Å². The highest BCUT2D eigenvalue weighted by Gasteiger charge is 2.31. The summed E-state index contributed by atoms with van der Waals surface area (Å²) < 4.78 is 1.89. The molecule has 108 valence electrons. The summed E-state index contributed by atoms with van der Waals surface area (Å²) in [6, 6.07) is 2.93. The van der Waals surface area contributed by atoms with Crippen molar-refractivity contribution in [3.63, 3.8) is 0 Å². The summed E-state index contributed by atoms with van der Waals surface area (Å²) in [6.45, 7) is 6.61. The van der Waals surface area contributed by atoms with Crippen LogP contribution >= 0.6 is 0 Å². The van der Waals surface area contributed by atoms with Gasteiger partial charge >= 0.3 is 0 Å². The largest absolute Gasteiger partial charge is 0.307 e. The molecule has 2 rings (SSSR count). The maximum Gasteiger partial charge on any atom is 0.0810 e. The van der Waals surface area contributed by atoms with E-state index in [0.717, 1.165) is 38.3 Å². The average molecular weight is 265 g/mol. The van der Waals surface area contributed by atoms with Crippen molar-refractivity contribution >= 4 is 0 Å². The van der Waals surface area contributed by atoms with E-state index in [-0.39, 0.29) is 0 Å². The van der Waals surface area contributed by atoms with Gasteiger partial charge in [0.1, 0.15) is 0 Å². The van der Waals surface area contributed by atoms with E-state index in [1.165, 1.54) is 0 Å². The molecule has 1 fully saturated rings. The summed E-state index contributed by atoms with van der Waals surface area (Å²) in [4.78, 5) is 4.87. The van der Waals surface area contributed by atoms with Crippen LogP contribution in [0.5, 0.6) is 0 Å². The molecule has 0 radical (unpaired) electrons. The van der Waals surface area contributed by atoms with E-state index < -0.39 is 0 Å². The summed E-state index contributed by atoms with van der Waals surface area (Å²) >= 11 is 0. The van der Waals surface area contributed by atoms with Crippen LogP contribution in [-0.2, 0) is 7.05 Å². The number of nitrogens with zero attached hydrogens (tertiary/aromatic N) is 4. The van der Waals surface area contributed by atoms with Crippen molar-refractivity contribution in [1.29, 1.82) is 0 Å². The first-order chi connectivity index (χ1) is 9.11. The van der Waals surface area contributed by atoms with Crippen molar-refractivity contribution in [1.82, 2.24) is 24.9 Å². The van der Waals surface area contributed by atoms with E-state index in [9.17, 15) is 0 Å². The SMILES string of the molecule is CCCNC(c1ccn(C)n1)C1CN(C)CCN1C. The summed E-state index contributed by atoms with van der Waals surface area (Å²) in [5, 5.41) is 8.28. The molecule has 1 aromatic heterocycles. The van der Waals surface area contributed by atoms with E-state index in [1.54, 1.807) is 0 Å². The second-order valence-electron chi connectivity index (χ2n) is 5.66. The van der Waals surface area contributed by atoms with Crippen LogP contribution in [0.3, 0.4) is 0 Å². The van der Waals surface area contributed by atoms with Gasteiger partial charge in [-0.3, -0.25) is 9.58 Å². The zero-order chi connectivity index (χ0) is 13.8. The van der Waals surface area contributed by atoms with Crippen LogP contribution in [-0.4, -0.2) is 65.9 Å².